The highest BCUT2D eigenvalue weighted by Gasteiger charge is 2.14. The summed E-state index contributed by atoms with van der Waals surface area (Å²) in [4.78, 5) is 21.1. The molecule has 0 spiro atoms. The number of hydrogen-bond donors (Lipinski definition) is 2. The zero-order valence-corrected chi connectivity index (χ0v) is 18.0. The topological polar surface area (TPSA) is 84.1 Å². The van der Waals surface area contributed by atoms with Gasteiger partial charge in [-0.25, -0.2) is 4.98 Å². The van der Waals surface area contributed by atoms with Gasteiger partial charge in [-0.2, -0.15) is 0 Å². The monoisotopic (exact) mass is 419 g/mol. The SMILES string of the molecule is CSN1CCC(=CC(=O)Nc2cc3cc(-c4cnccc4C)cc(N)c3cn2)CC1. The van der Waals surface area contributed by atoms with Crippen LogP contribution in [-0.4, -0.2) is 39.5 Å². The standard InChI is InChI=1S/C23H25N5OS/c1-15-3-6-25-13-19(15)17-10-18-12-22(26-14-20(18)21(24)11-17)27-23(29)9-16-4-7-28(30-2)8-5-16/h3,6,9-14H,4-5,7-8,24H2,1-2H3,(H,26,27,29). The predicted molar refractivity (Wildman–Crippen MR) is 125 cm³/mol. The molecular formula is C23H25N5OS. The molecule has 0 saturated carbocycles. The molecule has 6 nitrogen and oxygen atoms in total. The molecule has 0 bridgehead atoms. The molecule has 154 valence electrons. The summed E-state index contributed by atoms with van der Waals surface area (Å²) in [5.74, 6) is 0.382. The molecular weight excluding hydrogens is 394 g/mol. The number of benzene rings is 1. The van der Waals surface area contributed by atoms with Crippen LogP contribution in [0.2, 0.25) is 0 Å². The lowest BCUT2D eigenvalue weighted by Gasteiger charge is -2.25. The number of nitrogen functional groups attached to an aromatic ring is 1. The van der Waals surface area contributed by atoms with Gasteiger partial charge in [0.15, 0.2) is 0 Å². The molecule has 3 heterocycles. The fourth-order valence-corrected chi connectivity index (χ4v) is 4.27. The number of aryl methyl sites for hydroxylation is 1. The number of fused-ring (bicyclic) bond motifs is 1. The molecule has 3 N–H and O–H groups in total. The van der Waals surface area contributed by atoms with Crippen LogP contribution in [0.1, 0.15) is 18.4 Å². The highest BCUT2D eigenvalue weighted by Crippen LogP contribution is 2.31. The van der Waals surface area contributed by atoms with Gasteiger partial charge >= 0.3 is 0 Å². The van der Waals surface area contributed by atoms with Gasteiger partial charge in [-0.15, -0.1) is 0 Å². The molecule has 1 aliphatic rings. The first-order chi connectivity index (χ1) is 14.5. The largest absolute Gasteiger partial charge is 0.398 e. The molecule has 3 aromatic rings. The fraction of sp³-hybridized carbons (Fsp3) is 0.261. The fourth-order valence-electron chi connectivity index (χ4n) is 3.72. The number of aromatic nitrogens is 2. The minimum Gasteiger partial charge on any atom is -0.398 e. The quantitative estimate of drug-likeness (QED) is 0.370. The summed E-state index contributed by atoms with van der Waals surface area (Å²) in [6.45, 7) is 4.00. The van der Waals surface area contributed by atoms with E-state index < -0.39 is 0 Å². The van der Waals surface area contributed by atoms with Gasteiger partial charge in [-0.1, -0.05) is 17.5 Å². The Bertz CT molecular complexity index is 1120. The Labute approximate surface area is 180 Å². The molecule has 1 amide bonds. The minimum atomic E-state index is -0.137. The van der Waals surface area contributed by atoms with Gasteiger partial charge in [0.1, 0.15) is 5.82 Å². The van der Waals surface area contributed by atoms with Crippen molar-refractivity contribution in [2.75, 3.05) is 30.4 Å². The summed E-state index contributed by atoms with van der Waals surface area (Å²) in [7, 11) is 0. The van der Waals surface area contributed by atoms with Gasteiger partial charge in [0, 0.05) is 54.4 Å². The van der Waals surface area contributed by atoms with Crippen molar-refractivity contribution in [1.29, 1.82) is 0 Å². The number of carbonyl (C=O) groups is 1. The molecule has 4 rings (SSSR count). The van der Waals surface area contributed by atoms with E-state index in [4.69, 9.17) is 5.73 Å². The first kappa shape index (κ1) is 20.4. The Morgan fingerprint density at radius 2 is 2.03 bits per heavy atom. The van der Waals surface area contributed by atoms with Crippen molar-refractivity contribution in [2.45, 2.75) is 19.8 Å². The molecule has 0 unspecified atom stereocenters. The van der Waals surface area contributed by atoms with E-state index >= 15 is 0 Å². The second-order valence-corrected chi connectivity index (χ2v) is 8.33. The number of pyridine rings is 2. The molecule has 1 saturated heterocycles. The molecule has 0 radical (unpaired) electrons. The number of anilines is 2. The van der Waals surface area contributed by atoms with Crippen molar-refractivity contribution in [3.05, 3.63) is 60.1 Å². The Balaban J connectivity index is 1.57. The molecule has 1 fully saturated rings. The van der Waals surface area contributed by atoms with Crippen LogP contribution in [0, 0.1) is 6.92 Å². The zero-order valence-electron chi connectivity index (χ0n) is 17.2. The Hall–Kier alpha value is -2.90. The van der Waals surface area contributed by atoms with Gasteiger partial charge in [-0.05, 0) is 66.8 Å². The van der Waals surface area contributed by atoms with Crippen LogP contribution in [0.15, 0.2) is 54.5 Å². The van der Waals surface area contributed by atoms with Crippen LogP contribution in [0.3, 0.4) is 0 Å². The molecule has 2 aromatic heterocycles. The van der Waals surface area contributed by atoms with Gasteiger partial charge in [0.2, 0.25) is 5.91 Å². The number of amides is 1. The van der Waals surface area contributed by atoms with Gasteiger partial charge < -0.3 is 11.1 Å². The van der Waals surface area contributed by atoms with Crippen molar-refractivity contribution in [3.8, 4) is 11.1 Å². The van der Waals surface area contributed by atoms with Gasteiger partial charge in [-0.3, -0.25) is 14.1 Å². The van der Waals surface area contributed by atoms with E-state index in [1.165, 1.54) is 5.57 Å². The number of nitrogens with zero attached hydrogens (tertiary/aromatic N) is 3. The average Bonchev–Trinajstić information content (AvgIpc) is 2.74. The summed E-state index contributed by atoms with van der Waals surface area (Å²) in [6, 6.07) is 7.85. The molecule has 0 atom stereocenters. The van der Waals surface area contributed by atoms with Crippen molar-refractivity contribution < 1.29 is 4.79 Å². The third-order valence-electron chi connectivity index (χ3n) is 5.43. The average molecular weight is 420 g/mol. The van der Waals surface area contributed by atoms with E-state index in [2.05, 4.69) is 31.9 Å². The number of carbonyl (C=O) groups excluding carboxylic acids is 1. The van der Waals surface area contributed by atoms with Crippen molar-refractivity contribution in [3.63, 3.8) is 0 Å². The van der Waals surface area contributed by atoms with Crippen LogP contribution in [-0.2, 0) is 4.79 Å². The number of rotatable bonds is 4. The molecule has 1 aromatic carbocycles. The number of nitrogens with two attached hydrogens (primary N) is 1. The van der Waals surface area contributed by atoms with Crippen LogP contribution in [0.5, 0.6) is 0 Å². The summed E-state index contributed by atoms with van der Waals surface area (Å²) < 4.78 is 2.31. The molecule has 7 heteroatoms. The first-order valence-corrected chi connectivity index (χ1v) is 11.1. The van der Waals surface area contributed by atoms with E-state index in [-0.39, 0.29) is 5.91 Å². The lowest BCUT2D eigenvalue weighted by atomic mass is 9.99. The van der Waals surface area contributed by atoms with E-state index in [0.29, 0.717) is 11.5 Å². The lowest BCUT2D eigenvalue weighted by Crippen LogP contribution is -2.24. The molecule has 0 aliphatic carbocycles. The zero-order chi connectivity index (χ0) is 21.1. The normalized spacial score (nSPS) is 14.7. The van der Waals surface area contributed by atoms with Crippen LogP contribution in [0.4, 0.5) is 11.5 Å². The van der Waals surface area contributed by atoms with E-state index in [9.17, 15) is 4.79 Å². The number of piperidine rings is 1. The summed E-state index contributed by atoms with van der Waals surface area (Å²) in [6.07, 6.45) is 11.0. The van der Waals surface area contributed by atoms with Crippen LogP contribution < -0.4 is 11.1 Å². The summed E-state index contributed by atoms with van der Waals surface area (Å²) in [5.41, 5.74) is 11.3. The van der Waals surface area contributed by atoms with E-state index in [0.717, 1.165) is 53.4 Å². The minimum absolute atomic E-state index is 0.137. The Morgan fingerprint density at radius 1 is 1.23 bits per heavy atom. The second-order valence-electron chi connectivity index (χ2n) is 7.45. The lowest BCUT2D eigenvalue weighted by molar-refractivity contribution is -0.112. The maximum Gasteiger partial charge on any atom is 0.249 e. The van der Waals surface area contributed by atoms with Crippen LogP contribution >= 0.6 is 11.9 Å². The molecule has 30 heavy (non-hydrogen) atoms. The molecule has 1 aliphatic heterocycles. The van der Waals surface area contributed by atoms with Gasteiger partial charge in [0.25, 0.3) is 0 Å². The van der Waals surface area contributed by atoms with Crippen molar-refractivity contribution >= 4 is 40.1 Å². The van der Waals surface area contributed by atoms with Gasteiger partial charge in [0.05, 0.1) is 0 Å². The summed E-state index contributed by atoms with van der Waals surface area (Å²) >= 11 is 1.75. The Morgan fingerprint density at radius 3 is 2.77 bits per heavy atom. The van der Waals surface area contributed by atoms with E-state index in [1.807, 2.05) is 31.3 Å². The third kappa shape index (κ3) is 4.47. The first-order valence-electron chi connectivity index (χ1n) is 9.93. The predicted octanol–water partition coefficient (Wildman–Crippen LogP) is 4.43. The van der Waals surface area contributed by atoms with Crippen molar-refractivity contribution in [1.82, 2.24) is 14.3 Å². The van der Waals surface area contributed by atoms with Crippen LogP contribution in [0.25, 0.3) is 21.9 Å². The highest BCUT2D eigenvalue weighted by molar-refractivity contribution is 7.96. The number of hydrogen-bond acceptors (Lipinski definition) is 6. The van der Waals surface area contributed by atoms with E-state index in [1.54, 1.807) is 30.4 Å². The smallest absolute Gasteiger partial charge is 0.249 e. The second kappa shape index (κ2) is 8.85. The summed E-state index contributed by atoms with van der Waals surface area (Å²) in [5, 5.41) is 4.69. The highest BCUT2D eigenvalue weighted by atomic mass is 32.2. The number of nitrogens with one attached hydrogen (secondary N) is 1. The third-order valence-corrected chi connectivity index (χ3v) is 6.31. The Kier molecular flexibility index (Phi) is 6.01. The maximum absolute atomic E-state index is 12.5. The maximum atomic E-state index is 12.5. The van der Waals surface area contributed by atoms with Crippen molar-refractivity contribution in [2.24, 2.45) is 0 Å².